The molecule has 2 aliphatic rings. The van der Waals surface area contributed by atoms with Gasteiger partial charge in [-0.05, 0) is 55.9 Å². The van der Waals surface area contributed by atoms with Gasteiger partial charge in [0.25, 0.3) is 0 Å². The number of ether oxygens (including phenoxy) is 1. The zero-order chi connectivity index (χ0) is 18.1. The van der Waals surface area contributed by atoms with Crippen molar-refractivity contribution in [2.75, 3.05) is 23.9 Å². The van der Waals surface area contributed by atoms with E-state index >= 15 is 0 Å². The minimum Gasteiger partial charge on any atom is -0.497 e. The van der Waals surface area contributed by atoms with E-state index in [2.05, 4.69) is 42.3 Å². The molecule has 1 N–H and O–H groups in total. The number of fused-ring (bicyclic) bond motifs is 1. The lowest BCUT2D eigenvalue weighted by atomic mass is 9.99. The number of rotatable bonds is 6. The number of methoxy groups -OCH3 is 1. The summed E-state index contributed by atoms with van der Waals surface area (Å²) in [6.45, 7) is 6.23. The Morgan fingerprint density at radius 1 is 1.23 bits per heavy atom. The molecule has 1 saturated carbocycles. The van der Waals surface area contributed by atoms with Gasteiger partial charge in [0, 0.05) is 31.1 Å². The molecule has 0 radical (unpaired) electrons. The summed E-state index contributed by atoms with van der Waals surface area (Å²) in [6.07, 6.45) is 4.58. The molecular formula is C21H28N4O. The Hall–Kier alpha value is -2.30. The molecule has 1 atom stereocenters. The van der Waals surface area contributed by atoms with Crippen LogP contribution in [0.4, 0.5) is 11.8 Å². The van der Waals surface area contributed by atoms with Gasteiger partial charge in [-0.3, -0.25) is 0 Å². The highest BCUT2D eigenvalue weighted by Crippen LogP contribution is 2.40. The monoisotopic (exact) mass is 352 g/mol. The minimum absolute atomic E-state index is 0.381. The van der Waals surface area contributed by atoms with Crippen molar-refractivity contribution in [1.29, 1.82) is 0 Å². The molecule has 5 nitrogen and oxygen atoms in total. The van der Waals surface area contributed by atoms with Crippen LogP contribution in [-0.4, -0.2) is 29.7 Å². The SMILES string of the molecule is CC[C@@H](C)Nc1nc(C2CC2)cc(N2CCc3cc(OC)ccc3C2)n1. The molecule has 4 rings (SSSR count). The molecule has 5 heteroatoms. The van der Waals surface area contributed by atoms with E-state index in [0.717, 1.165) is 43.4 Å². The maximum atomic E-state index is 5.36. The van der Waals surface area contributed by atoms with Crippen molar-refractivity contribution in [2.24, 2.45) is 0 Å². The summed E-state index contributed by atoms with van der Waals surface area (Å²) < 4.78 is 5.36. The number of hydrogen-bond donors (Lipinski definition) is 1. The van der Waals surface area contributed by atoms with E-state index in [1.165, 1.54) is 29.7 Å². The first-order valence-electron chi connectivity index (χ1n) is 9.72. The molecule has 1 aromatic carbocycles. The minimum atomic E-state index is 0.381. The van der Waals surface area contributed by atoms with Crippen molar-refractivity contribution in [3.8, 4) is 5.75 Å². The molecular weight excluding hydrogens is 324 g/mol. The van der Waals surface area contributed by atoms with E-state index in [1.54, 1.807) is 7.11 Å². The predicted octanol–water partition coefficient (Wildman–Crippen LogP) is 4.14. The van der Waals surface area contributed by atoms with Crippen molar-refractivity contribution in [3.63, 3.8) is 0 Å². The van der Waals surface area contributed by atoms with Crippen LogP contribution < -0.4 is 15.0 Å². The first-order chi connectivity index (χ1) is 12.7. The van der Waals surface area contributed by atoms with Crippen LogP contribution in [-0.2, 0) is 13.0 Å². The van der Waals surface area contributed by atoms with E-state index in [9.17, 15) is 0 Å². The molecule has 138 valence electrons. The Morgan fingerprint density at radius 2 is 2.08 bits per heavy atom. The fourth-order valence-electron chi connectivity index (χ4n) is 3.44. The number of hydrogen-bond acceptors (Lipinski definition) is 5. The highest BCUT2D eigenvalue weighted by atomic mass is 16.5. The summed E-state index contributed by atoms with van der Waals surface area (Å²) in [5.41, 5.74) is 3.94. The van der Waals surface area contributed by atoms with Crippen LogP contribution in [0.2, 0.25) is 0 Å². The molecule has 0 amide bonds. The van der Waals surface area contributed by atoms with Crippen LogP contribution in [0, 0.1) is 0 Å². The van der Waals surface area contributed by atoms with Crippen LogP contribution >= 0.6 is 0 Å². The summed E-state index contributed by atoms with van der Waals surface area (Å²) in [5, 5.41) is 3.46. The van der Waals surface area contributed by atoms with Gasteiger partial charge in [-0.25, -0.2) is 4.98 Å². The lowest BCUT2D eigenvalue weighted by molar-refractivity contribution is 0.413. The molecule has 0 saturated heterocycles. The third-order valence-electron chi connectivity index (χ3n) is 5.47. The summed E-state index contributed by atoms with van der Waals surface area (Å²) in [7, 11) is 1.73. The number of nitrogens with zero attached hydrogens (tertiary/aromatic N) is 3. The summed E-state index contributed by atoms with van der Waals surface area (Å²) in [4.78, 5) is 12.0. The number of aromatic nitrogens is 2. The first-order valence-corrected chi connectivity index (χ1v) is 9.72. The van der Waals surface area contributed by atoms with Gasteiger partial charge >= 0.3 is 0 Å². The highest BCUT2D eigenvalue weighted by Gasteiger charge is 2.28. The van der Waals surface area contributed by atoms with E-state index in [-0.39, 0.29) is 0 Å². The molecule has 26 heavy (non-hydrogen) atoms. The average molecular weight is 352 g/mol. The zero-order valence-corrected chi connectivity index (χ0v) is 16.0. The standard InChI is InChI=1S/C21H28N4O/c1-4-14(2)22-21-23-19(15-5-6-15)12-20(24-21)25-10-9-16-11-18(26-3)8-7-17(16)13-25/h7-8,11-12,14-15H,4-6,9-10,13H2,1-3H3,(H,22,23,24)/t14-/m1/s1. The fourth-order valence-corrected chi connectivity index (χ4v) is 3.44. The van der Waals surface area contributed by atoms with Crippen LogP contribution in [0.5, 0.6) is 5.75 Å². The Bertz CT molecular complexity index is 788. The van der Waals surface area contributed by atoms with Crippen molar-refractivity contribution in [2.45, 2.75) is 58.0 Å². The van der Waals surface area contributed by atoms with Gasteiger partial charge in [-0.1, -0.05) is 13.0 Å². The van der Waals surface area contributed by atoms with Crippen molar-refractivity contribution < 1.29 is 4.74 Å². The molecule has 0 unspecified atom stereocenters. The summed E-state index contributed by atoms with van der Waals surface area (Å²) in [6, 6.07) is 8.98. The Balaban J connectivity index is 1.60. The lowest BCUT2D eigenvalue weighted by Gasteiger charge is -2.30. The average Bonchev–Trinajstić information content (AvgIpc) is 3.52. The fraction of sp³-hybridized carbons (Fsp3) is 0.524. The topological polar surface area (TPSA) is 50.3 Å². The quantitative estimate of drug-likeness (QED) is 0.847. The van der Waals surface area contributed by atoms with Gasteiger partial charge in [-0.15, -0.1) is 0 Å². The maximum Gasteiger partial charge on any atom is 0.225 e. The van der Waals surface area contributed by atoms with Gasteiger partial charge in [0.1, 0.15) is 11.6 Å². The lowest BCUT2D eigenvalue weighted by Crippen LogP contribution is -2.31. The van der Waals surface area contributed by atoms with Crippen molar-refractivity contribution >= 4 is 11.8 Å². The zero-order valence-electron chi connectivity index (χ0n) is 16.0. The summed E-state index contributed by atoms with van der Waals surface area (Å²) >= 11 is 0. The molecule has 2 heterocycles. The van der Waals surface area contributed by atoms with Gasteiger partial charge < -0.3 is 15.0 Å². The van der Waals surface area contributed by atoms with E-state index in [1.807, 2.05) is 6.07 Å². The molecule has 1 fully saturated rings. The van der Waals surface area contributed by atoms with E-state index in [0.29, 0.717) is 12.0 Å². The normalized spacial score (nSPS) is 17.6. The van der Waals surface area contributed by atoms with Gasteiger partial charge in [0.15, 0.2) is 0 Å². The maximum absolute atomic E-state index is 5.36. The number of anilines is 2. The second kappa shape index (κ2) is 7.14. The van der Waals surface area contributed by atoms with Crippen LogP contribution in [0.1, 0.15) is 55.8 Å². The molecule has 0 bridgehead atoms. The second-order valence-corrected chi connectivity index (χ2v) is 7.51. The first kappa shape index (κ1) is 17.1. The van der Waals surface area contributed by atoms with Crippen LogP contribution in [0.15, 0.2) is 24.3 Å². The molecule has 2 aromatic rings. The molecule has 0 spiro atoms. The van der Waals surface area contributed by atoms with Crippen molar-refractivity contribution in [3.05, 3.63) is 41.1 Å². The second-order valence-electron chi connectivity index (χ2n) is 7.51. The smallest absolute Gasteiger partial charge is 0.225 e. The summed E-state index contributed by atoms with van der Waals surface area (Å²) in [5.74, 6) is 3.39. The number of nitrogens with one attached hydrogen (secondary N) is 1. The largest absolute Gasteiger partial charge is 0.497 e. The molecule has 1 aliphatic heterocycles. The third-order valence-corrected chi connectivity index (χ3v) is 5.47. The van der Waals surface area contributed by atoms with Crippen LogP contribution in [0.25, 0.3) is 0 Å². The van der Waals surface area contributed by atoms with Crippen LogP contribution in [0.3, 0.4) is 0 Å². The predicted molar refractivity (Wildman–Crippen MR) is 105 cm³/mol. The highest BCUT2D eigenvalue weighted by molar-refractivity contribution is 5.50. The van der Waals surface area contributed by atoms with Crippen molar-refractivity contribution in [1.82, 2.24) is 9.97 Å². The molecule has 1 aromatic heterocycles. The Kier molecular flexibility index (Phi) is 4.70. The third kappa shape index (κ3) is 3.62. The van der Waals surface area contributed by atoms with E-state index < -0.39 is 0 Å². The Morgan fingerprint density at radius 3 is 2.81 bits per heavy atom. The molecule has 1 aliphatic carbocycles. The van der Waals surface area contributed by atoms with Gasteiger partial charge in [-0.2, -0.15) is 4.98 Å². The number of benzene rings is 1. The van der Waals surface area contributed by atoms with Gasteiger partial charge in [0.2, 0.25) is 5.95 Å². The van der Waals surface area contributed by atoms with Gasteiger partial charge in [0.05, 0.1) is 12.8 Å². The Labute approximate surface area is 155 Å². The van der Waals surface area contributed by atoms with E-state index in [4.69, 9.17) is 14.7 Å².